The van der Waals surface area contributed by atoms with Gasteiger partial charge in [-0.2, -0.15) is 0 Å². The molecule has 1 aliphatic carbocycles. The van der Waals surface area contributed by atoms with Crippen molar-refractivity contribution in [3.05, 3.63) is 35.4 Å². The predicted octanol–water partition coefficient (Wildman–Crippen LogP) is 2.52. The van der Waals surface area contributed by atoms with Crippen LogP contribution in [0.2, 0.25) is 0 Å². The number of hydrogen-bond acceptors (Lipinski definition) is 3. The molecule has 0 unspecified atom stereocenters. The fourth-order valence-corrected chi connectivity index (χ4v) is 2.56. The molecule has 0 saturated heterocycles. The fourth-order valence-electron chi connectivity index (χ4n) is 2.56. The summed E-state index contributed by atoms with van der Waals surface area (Å²) in [6.07, 6.45) is 4.16. The van der Waals surface area contributed by atoms with Gasteiger partial charge >= 0.3 is 5.97 Å². The van der Waals surface area contributed by atoms with Gasteiger partial charge in [-0.3, -0.25) is 9.59 Å². The van der Waals surface area contributed by atoms with E-state index in [2.05, 4.69) is 17.4 Å². The lowest BCUT2D eigenvalue weighted by molar-refractivity contribution is -0.148. The second kappa shape index (κ2) is 7.08. The molecule has 1 N–H and O–H groups in total. The van der Waals surface area contributed by atoms with E-state index in [-0.39, 0.29) is 24.5 Å². The van der Waals surface area contributed by atoms with E-state index in [4.69, 9.17) is 4.74 Å². The van der Waals surface area contributed by atoms with Crippen LogP contribution >= 0.6 is 0 Å². The van der Waals surface area contributed by atoms with E-state index < -0.39 is 0 Å². The van der Waals surface area contributed by atoms with Crippen LogP contribution in [0.4, 0.5) is 0 Å². The third kappa shape index (κ3) is 3.83. The van der Waals surface area contributed by atoms with E-state index in [0.717, 1.165) is 25.7 Å². The van der Waals surface area contributed by atoms with E-state index in [1.165, 1.54) is 11.1 Å². The molecule has 0 aliphatic heterocycles. The summed E-state index contributed by atoms with van der Waals surface area (Å²) in [4.78, 5) is 23.1. The normalized spacial score (nSPS) is 17.1. The molecule has 1 amide bonds. The fraction of sp³-hybridized carbons (Fsp3) is 0.500. The molecule has 4 nitrogen and oxygen atoms in total. The highest BCUT2D eigenvalue weighted by Gasteiger charge is 2.21. The summed E-state index contributed by atoms with van der Waals surface area (Å²) in [5.41, 5.74) is 2.49. The Morgan fingerprint density at radius 3 is 2.95 bits per heavy atom. The van der Waals surface area contributed by atoms with Crippen LogP contribution in [0.25, 0.3) is 0 Å². The number of nitrogens with one attached hydrogen (secondary N) is 1. The number of carbonyl (C=O) groups excluding carboxylic acids is 2. The minimum absolute atomic E-state index is 0.0392. The van der Waals surface area contributed by atoms with Crippen molar-refractivity contribution < 1.29 is 14.3 Å². The smallest absolute Gasteiger partial charge is 0.306 e. The number of aryl methyl sites for hydroxylation is 1. The summed E-state index contributed by atoms with van der Waals surface area (Å²) in [6, 6.07) is 8.22. The summed E-state index contributed by atoms with van der Waals surface area (Å²) < 4.78 is 4.92. The van der Waals surface area contributed by atoms with E-state index in [1.807, 2.05) is 19.1 Å². The molecule has 0 bridgehead atoms. The molecular formula is C16H21NO3. The lowest BCUT2D eigenvalue weighted by atomic mass is 9.88. The number of benzene rings is 1. The Bertz CT molecular complexity index is 484. The molecular weight excluding hydrogens is 254 g/mol. The average Bonchev–Trinajstić information content (AvgIpc) is 2.46. The molecule has 0 heterocycles. The summed E-state index contributed by atoms with van der Waals surface area (Å²) in [5, 5.41) is 2.96. The molecule has 1 aliphatic rings. The zero-order chi connectivity index (χ0) is 14.4. The van der Waals surface area contributed by atoms with E-state index >= 15 is 0 Å². The standard InChI is InChI=1S/C16H21NO3/c1-2-6-16(19)20-11-15(18)17-14-10-5-8-12-7-3-4-9-13(12)14/h3-4,7,9,14H,2,5-6,8,10-11H2,1H3,(H,17,18)/t14-/m0/s1. The number of carbonyl (C=O) groups is 2. The maximum Gasteiger partial charge on any atom is 0.306 e. The molecule has 0 fully saturated rings. The second-order valence-electron chi connectivity index (χ2n) is 5.12. The van der Waals surface area contributed by atoms with Gasteiger partial charge in [0, 0.05) is 6.42 Å². The van der Waals surface area contributed by atoms with Crippen molar-refractivity contribution in [2.24, 2.45) is 0 Å². The molecule has 0 spiro atoms. The molecule has 1 aromatic carbocycles. The highest BCUT2D eigenvalue weighted by molar-refractivity contribution is 5.80. The Morgan fingerprint density at radius 2 is 2.15 bits per heavy atom. The second-order valence-corrected chi connectivity index (χ2v) is 5.12. The quantitative estimate of drug-likeness (QED) is 0.840. The first-order chi connectivity index (χ1) is 9.70. The highest BCUT2D eigenvalue weighted by atomic mass is 16.5. The van der Waals surface area contributed by atoms with E-state index in [1.54, 1.807) is 0 Å². The lowest BCUT2D eigenvalue weighted by Crippen LogP contribution is -2.34. The topological polar surface area (TPSA) is 55.4 Å². The van der Waals surface area contributed by atoms with Gasteiger partial charge in [-0.1, -0.05) is 31.2 Å². The molecule has 108 valence electrons. The van der Waals surface area contributed by atoms with Crippen LogP contribution in [0.1, 0.15) is 49.8 Å². The summed E-state index contributed by atoms with van der Waals surface area (Å²) >= 11 is 0. The van der Waals surface area contributed by atoms with Crippen molar-refractivity contribution in [1.29, 1.82) is 0 Å². The Hall–Kier alpha value is -1.84. The summed E-state index contributed by atoms with van der Waals surface area (Å²) in [7, 11) is 0. The molecule has 0 aromatic heterocycles. The van der Waals surface area contributed by atoms with Crippen LogP contribution in [0.3, 0.4) is 0 Å². The molecule has 0 saturated carbocycles. The van der Waals surface area contributed by atoms with Gasteiger partial charge in [0.1, 0.15) is 0 Å². The number of ether oxygens (including phenoxy) is 1. The maximum absolute atomic E-state index is 11.8. The van der Waals surface area contributed by atoms with Crippen molar-refractivity contribution in [2.75, 3.05) is 6.61 Å². The van der Waals surface area contributed by atoms with Gasteiger partial charge in [0.25, 0.3) is 5.91 Å². The summed E-state index contributed by atoms with van der Waals surface area (Å²) in [5.74, 6) is -0.539. The van der Waals surface area contributed by atoms with Gasteiger partial charge in [-0.15, -0.1) is 0 Å². The van der Waals surface area contributed by atoms with E-state index in [9.17, 15) is 9.59 Å². The van der Waals surface area contributed by atoms with Crippen molar-refractivity contribution in [3.8, 4) is 0 Å². The largest absolute Gasteiger partial charge is 0.456 e. The van der Waals surface area contributed by atoms with Crippen LogP contribution in [0.5, 0.6) is 0 Å². The lowest BCUT2D eigenvalue weighted by Gasteiger charge is -2.26. The van der Waals surface area contributed by atoms with Gasteiger partial charge < -0.3 is 10.1 Å². The number of esters is 1. The molecule has 0 radical (unpaired) electrons. The third-order valence-corrected chi connectivity index (χ3v) is 3.52. The van der Waals surface area contributed by atoms with Crippen molar-refractivity contribution in [3.63, 3.8) is 0 Å². The molecule has 20 heavy (non-hydrogen) atoms. The van der Waals surface area contributed by atoms with Crippen LogP contribution < -0.4 is 5.32 Å². The zero-order valence-electron chi connectivity index (χ0n) is 11.9. The van der Waals surface area contributed by atoms with Crippen LogP contribution in [-0.4, -0.2) is 18.5 Å². The van der Waals surface area contributed by atoms with Gasteiger partial charge in [0.15, 0.2) is 6.61 Å². The van der Waals surface area contributed by atoms with Crippen molar-refractivity contribution in [2.45, 2.75) is 45.1 Å². The van der Waals surface area contributed by atoms with E-state index in [0.29, 0.717) is 6.42 Å². The Labute approximate surface area is 119 Å². The van der Waals surface area contributed by atoms with Gasteiger partial charge in [-0.25, -0.2) is 0 Å². The first-order valence-electron chi connectivity index (χ1n) is 7.23. The van der Waals surface area contributed by atoms with Crippen LogP contribution in [0.15, 0.2) is 24.3 Å². The minimum atomic E-state index is -0.313. The highest BCUT2D eigenvalue weighted by Crippen LogP contribution is 2.29. The monoisotopic (exact) mass is 275 g/mol. The number of amides is 1. The zero-order valence-corrected chi connectivity index (χ0v) is 11.9. The first kappa shape index (κ1) is 14.6. The predicted molar refractivity (Wildman–Crippen MR) is 76.1 cm³/mol. The Morgan fingerprint density at radius 1 is 1.35 bits per heavy atom. The molecule has 2 rings (SSSR count). The van der Waals surface area contributed by atoms with Crippen LogP contribution in [0, 0.1) is 0 Å². The Balaban J connectivity index is 1.88. The maximum atomic E-state index is 11.8. The van der Waals surface area contributed by atoms with Crippen molar-refractivity contribution in [1.82, 2.24) is 5.32 Å². The number of rotatable bonds is 5. The van der Waals surface area contributed by atoms with Gasteiger partial charge in [0.05, 0.1) is 6.04 Å². The molecule has 4 heteroatoms. The number of hydrogen-bond donors (Lipinski definition) is 1. The van der Waals surface area contributed by atoms with Gasteiger partial charge in [-0.05, 0) is 36.8 Å². The SMILES string of the molecule is CCCC(=O)OCC(=O)N[C@H]1CCCc2ccccc21. The van der Waals surface area contributed by atoms with Gasteiger partial charge in [0.2, 0.25) is 0 Å². The van der Waals surface area contributed by atoms with Crippen LogP contribution in [-0.2, 0) is 20.7 Å². The average molecular weight is 275 g/mol. The number of fused-ring (bicyclic) bond motifs is 1. The van der Waals surface area contributed by atoms with Crippen molar-refractivity contribution >= 4 is 11.9 Å². The first-order valence-corrected chi connectivity index (χ1v) is 7.23. The molecule has 1 atom stereocenters. The minimum Gasteiger partial charge on any atom is -0.456 e. The molecule has 1 aromatic rings. The summed E-state index contributed by atoms with van der Waals surface area (Å²) in [6.45, 7) is 1.72. The third-order valence-electron chi connectivity index (χ3n) is 3.52. The Kier molecular flexibility index (Phi) is 5.16.